The van der Waals surface area contributed by atoms with Gasteiger partial charge in [0, 0.05) is 35.8 Å². The molecule has 1 amide bonds. The second-order valence-corrected chi connectivity index (χ2v) is 6.88. The van der Waals surface area contributed by atoms with Crippen LogP contribution in [0.3, 0.4) is 0 Å². The summed E-state index contributed by atoms with van der Waals surface area (Å²) in [7, 11) is 1.62. The van der Waals surface area contributed by atoms with E-state index in [2.05, 4.69) is 27.4 Å². The Morgan fingerprint density at radius 3 is 2.96 bits per heavy atom. The molecule has 0 saturated heterocycles. The molecule has 3 aromatic rings. The van der Waals surface area contributed by atoms with Crippen LogP contribution < -0.4 is 10.1 Å². The summed E-state index contributed by atoms with van der Waals surface area (Å²) in [6, 6.07) is 10.2. The molecule has 2 aromatic heterocycles. The highest BCUT2D eigenvalue weighted by Crippen LogP contribution is 2.36. The summed E-state index contributed by atoms with van der Waals surface area (Å²) in [5.74, 6) is 0.701. The minimum Gasteiger partial charge on any atom is -0.481 e. The fourth-order valence-corrected chi connectivity index (χ4v) is 3.80. The lowest BCUT2D eigenvalue weighted by Gasteiger charge is -2.27. The predicted octanol–water partition coefficient (Wildman–Crippen LogP) is 4.21. The van der Waals surface area contributed by atoms with Gasteiger partial charge < -0.3 is 10.1 Å². The zero-order valence-electron chi connectivity index (χ0n) is 15.7. The molecule has 5 nitrogen and oxygen atoms in total. The summed E-state index contributed by atoms with van der Waals surface area (Å²) in [4.78, 5) is 20.9. The van der Waals surface area contributed by atoms with E-state index in [1.165, 1.54) is 5.56 Å². The maximum Gasteiger partial charge on any atom is 0.220 e. The summed E-state index contributed by atoms with van der Waals surface area (Å²) < 4.78 is 5.21. The van der Waals surface area contributed by atoms with Gasteiger partial charge in [-0.2, -0.15) is 0 Å². The summed E-state index contributed by atoms with van der Waals surface area (Å²) in [5.41, 5.74) is 5.61. The van der Waals surface area contributed by atoms with Gasteiger partial charge in [-0.3, -0.25) is 9.78 Å². The molecule has 1 aliphatic carbocycles. The first kappa shape index (κ1) is 17.5. The van der Waals surface area contributed by atoms with E-state index in [-0.39, 0.29) is 11.9 Å². The number of amides is 1. The van der Waals surface area contributed by atoms with Gasteiger partial charge in [-0.25, -0.2) is 4.98 Å². The minimum atomic E-state index is 0.0556. The normalized spacial score (nSPS) is 16.0. The van der Waals surface area contributed by atoms with Gasteiger partial charge in [0.25, 0.3) is 0 Å². The number of rotatable bonds is 4. The monoisotopic (exact) mass is 361 g/mol. The van der Waals surface area contributed by atoms with Crippen LogP contribution in [-0.2, 0) is 11.2 Å². The number of nitrogens with zero attached hydrogens (tertiary/aromatic N) is 2. The first-order valence-electron chi connectivity index (χ1n) is 9.41. The van der Waals surface area contributed by atoms with Crippen molar-refractivity contribution in [3.05, 3.63) is 53.9 Å². The Bertz CT molecular complexity index is 1000. The molecule has 1 N–H and O–H groups in total. The molecule has 0 fully saturated rings. The van der Waals surface area contributed by atoms with Crippen LogP contribution >= 0.6 is 0 Å². The molecule has 5 heteroatoms. The van der Waals surface area contributed by atoms with E-state index in [9.17, 15) is 4.79 Å². The van der Waals surface area contributed by atoms with Gasteiger partial charge in [0.15, 0.2) is 0 Å². The van der Waals surface area contributed by atoms with Crippen LogP contribution in [0.1, 0.15) is 43.4 Å². The fourth-order valence-electron chi connectivity index (χ4n) is 3.80. The van der Waals surface area contributed by atoms with Crippen LogP contribution in [0.4, 0.5) is 0 Å². The van der Waals surface area contributed by atoms with Gasteiger partial charge in [0.1, 0.15) is 0 Å². The number of pyridine rings is 2. The van der Waals surface area contributed by atoms with E-state index < -0.39 is 0 Å². The van der Waals surface area contributed by atoms with Gasteiger partial charge in [-0.1, -0.05) is 13.0 Å². The van der Waals surface area contributed by atoms with E-state index in [0.717, 1.165) is 46.9 Å². The lowest BCUT2D eigenvalue weighted by atomic mass is 9.84. The van der Waals surface area contributed by atoms with Gasteiger partial charge in [0.2, 0.25) is 11.8 Å². The van der Waals surface area contributed by atoms with Crippen LogP contribution in [0.5, 0.6) is 5.88 Å². The molecule has 2 heterocycles. The van der Waals surface area contributed by atoms with E-state index >= 15 is 0 Å². The van der Waals surface area contributed by atoms with Crippen molar-refractivity contribution in [3.8, 4) is 17.0 Å². The van der Waals surface area contributed by atoms with E-state index in [1.54, 1.807) is 7.11 Å². The lowest BCUT2D eigenvalue weighted by molar-refractivity contribution is -0.121. The molecule has 0 spiro atoms. The largest absolute Gasteiger partial charge is 0.481 e. The van der Waals surface area contributed by atoms with Gasteiger partial charge >= 0.3 is 0 Å². The van der Waals surface area contributed by atoms with Gasteiger partial charge in [-0.05, 0) is 54.2 Å². The average molecular weight is 361 g/mol. The Kier molecular flexibility index (Phi) is 4.75. The van der Waals surface area contributed by atoms with E-state index in [4.69, 9.17) is 4.74 Å². The molecule has 1 unspecified atom stereocenters. The first-order valence-corrected chi connectivity index (χ1v) is 9.41. The summed E-state index contributed by atoms with van der Waals surface area (Å²) >= 11 is 0. The van der Waals surface area contributed by atoms with Crippen LogP contribution in [-0.4, -0.2) is 23.0 Å². The Morgan fingerprint density at radius 2 is 2.15 bits per heavy atom. The third-order valence-corrected chi connectivity index (χ3v) is 5.23. The number of fused-ring (bicyclic) bond motifs is 2. The number of nitrogens with one attached hydrogen (secondary N) is 1. The van der Waals surface area contributed by atoms with Crippen molar-refractivity contribution in [1.82, 2.24) is 15.3 Å². The SMILES string of the molecule is CCC(=O)NC1CCCc2c(-c3ccc4nc(OC)ccc4c3)cncc21. The number of hydrogen-bond acceptors (Lipinski definition) is 4. The molecule has 0 aliphatic heterocycles. The Labute approximate surface area is 158 Å². The fraction of sp³-hybridized carbons (Fsp3) is 0.318. The van der Waals surface area contributed by atoms with Crippen molar-refractivity contribution in [3.63, 3.8) is 0 Å². The zero-order chi connectivity index (χ0) is 18.8. The maximum atomic E-state index is 11.9. The third kappa shape index (κ3) is 3.37. The van der Waals surface area contributed by atoms with E-state index in [1.807, 2.05) is 37.5 Å². The maximum absolute atomic E-state index is 11.9. The van der Waals surface area contributed by atoms with Crippen molar-refractivity contribution in [1.29, 1.82) is 0 Å². The second-order valence-electron chi connectivity index (χ2n) is 6.88. The third-order valence-electron chi connectivity index (χ3n) is 5.23. The summed E-state index contributed by atoms with van der Waals surface area (Å²) in [6.45, 7) is 1.88. The molecule has 27 heavy (non-hydrogen) atoms. The molecule has 0 radical (unpaired) electrons. The minimum absolute atomic E-state index is 0.0556. The molecular formula is C22H23N3O2. The number of aromatic nitrogens is 2. The Hall–Kier alpha value is -2.95. The van der Waals surface area contributed by atoms with Gasteiger partial charge in [0.05, 0.1) is 18.7 Å². The molecular weight excluding hydrogens is 338 g/mol. The molecule has 0 saturated carbocycles. The van der Waals surface area contributed by atoms with Crippen molar-refractivity contribution in [2.75, 3.05) is 7.11 Å². The second kappa shape index (κ2) is 7.35. The quantitative estimate of drug-likeness (QED) is 0.756. The van der Waals surface area contributed by atoms with Crippen molar-refractivity contribution < 1.29 is 9.53 Å². The number of methoxy groups -OCH3 is 1. The molecule has 1 aromatic carbocycles. The van der Waals surface area contributed by atoms with Crippen molar-refractivity contribution in [2.45, 2.75) is 38.6 Å². The number of ether oxygens (including phenoxy) is 1. The van der Waals surface area contributed by atoms with E-state index in [0.29, 0.717) is 12.3 Å². The Balaban J connectivity index is 1.75. The summed E-state index contributed by atoms with van der Waals surface area (Å²) in [5, 5.41) is 4.21. The lowest BCUT2D eigenvalue weighted by Crippen LogP contribution is -2.30. The highest BCUT2D eigenvalue weighted by molar-refractivity contribution is 5.85. The van der Waals surface area contributed by atoms with Crippen LogP contribution in [0.15, 0.2) is 42.7 Å². The summed E-state index contributed by atoms with van der Waals surface area (Å²) in [6.07, 6.45) is 7.37. The van der Waals surface area contributed by atoms with Crippen LogP contribution in [0.2, 0.25) is 0 Å². The number of hydrogen-bond donors (Lipinski definition) is 1. The zero-order valence-corrected chi connectivity index (χ0v) is 15.7. The first-order chi connectivity index (χ1) is 13.2. The highest BCUT2D eigenvalue weighted by Gasteiger charge is 2.24. The predicted molar refractivity (Wildman–Crippen MR) is 106 cm³/mol. The van der Waals surface area contributed by atoms with Crippen molar-refractivity contribution >= 4 is 16.8 Å². The highest BCUT2D eigenvalue weighted by atomic mass is 16.5. The van der Waals surface area contributed by atoms with Crippen LogP contribution in [0.25, 0.3) is 22.0 Å². The molecule has 1 atom stereocenters. The van der Waals surface area contributed by atoms with Gasteiger partial charge in [-0.15, -0.1) is 0 Å². The topological polar surface area (TPSA) is 64.1 Å². The number of carbonyl (C=O) groups excluding carboxylic acids is 1. The number of carbonyl (C=O) groups is 1. The average Bonchev–Trinajstić information content (AvgIpc) is 2.72. The molecule has 1 aliphatic rings. The molecule has 0 bridgehead atoms. The number of benzene rings is 1. The Morgan fingerprint density at radius 1 is 1.26 bits per heavy atom. The molecule has 4 rings (SSSR count). The smallest absolute Gasteiger partial charge is 0.220 e. The van der Waals surface area contributed by atoms with Crippen LogP contribution in [0, 0.1) is 0 Å². The standard InChI is InChI=1S/C22H23N3O2/c1-3-21(26)24-20-6-4-5-16-17(12-23-13-18(16)20)14-7-9-19-15(11-14)8-10-22(25-19)27-2/h7-13,20H,3-6H2,1-2H3,(H,24,26). The molecule has 138 valence electrons. The van der Waals surface area contributed by atoms with Crippen molar-refractivity contribution in [2.24, 2.45) is 0 Å².